The van der Waals surface area contributed by atoms with Crippen molar-refractivity contribution in [2.75, 3.05) is 46.1 Å². The number of amides is 1. The van der Waals surface area contributed by atoms with Crippen LogP contribution in [0.3, 0.4) is 0 Å². The number of hydrogen-bond donors (Lipinski definition) is 1. The largest absolute Gasteiger partial charge is 0.381 e. The van der Waals surface area contributed by atoms with Gasteiger partial charge in [-0.2, -0.15) is 5.10 Å². The molecule has 2 aliphatic rings. The monoisotopic (exact) mass is 453 g/mol. The molecule has 0 saturated carbocycles. The highest BCUT2D eigenvalue weighted by Crippen LogP contribution is 2.23. The molecule has 2 aliphatic heterocycles. The van der Waals surface area contributed by atoms with E-state index < -0.39 is 0 Å². The maximum absolute atomic E-state index is 13.4. The molecular weight excluding hydrogens is 425 g/mol. The van der Waals surface area contributed by atoms with Crippen LogP contribution in [-0.2, 0) is 9.47 Å². The molecule has 4 heterocycles. The molecule has 1 amide bonds. The van der Waals surface area contributed by atoms with Crippen molar-refractivity contribution < 1.29 is 18.7 Å². The Morgan fingerprint density at radius 2 is 1.88 bits per heavy atom. The van der Waals surface area contributed by atoms with Gasteiger partial charge in [0.2, 0.25) is 0 Å². The van der Waals surface area contributed by atoms with E-state index in [0.29, 0.717) is 42.7 Å². The number of morpholine rings is 1. The topological polar surface area (TPSA) is 73.6 Å². The molecule has 0 radical (unpaired) electrons. The lowest BCUT2D eigenvalue weighted by molar-refractivity contribution is 0.00166. The first-order valence-electron chi connectivity index (χ1n) is 11.4. The summed E-state index contributed by atoms with van der Waals surface area (Å²) in [5.41, 5.74) is 1.13. The van der Waals surface area contributed by atoms with Crippen molar-refractivity contribution in [1.29, 1.82) is 0 Å². The normalized spacial score (nSPS) is 20.1. The molecule has 1 aromatic carbocycles. The van der Waals surface area contributed by atoms with E-state index in [1.807, 2.05) is 29.1 Å². The second-order valence-electron chi connectivity index (χ2n) is 8.41. The van der Waals surface area contributed by atoms with E-state index >= 15 is 0 Å². The van der Waals surface area contributed by atoms with Crippen molar-refractivity contribution in [1.82, 2.24) is 24.6 Å². The fraction of sp³-hybridized carbons (Fsp3) is 0.417. The van der Waals surface area contributed by atoms with Crippen LogP contribution in [0.25, 0.3) is 11.5 Å². The van der Waals surface area contributed by atoms with Crippen LogP contribution < -0.4 is 5.32 Å². The van der Waals surface area contributed by atoms with Crippen LogP contribution >= 0.6 is 0 Å². The van der Waals surface area contributed by atoms with Crippen LogP contribution in [0.4, 0.5) is 4.39 Å². The zero-order valence-corrected chi connectivity index (χ0v) is 18.4. The standard InChI is InChI=1S/C24H28FN5O3/c25-19-3-5-20(6-4-19)30-24(29-8-1-2-9-29)21(15-27-30)23(31)26-16-22(18-7-12-33-17-18)28-10-13-32-14-11-28/h1-6,8-9,15,18,22H,7,10-14,16-17H2,(H,26,31). The summed E-state index contributed by atoms with van der Waals surface area (Å²) in [6.45, 7) is 5.14. The quantitative estimate of drug-likeness (QED) is 0.594. The first-order valence-corrected chi connectivity index (χ1v) is 11.4. The van der Waals surface area contributed by atoms with Crippen LogP contribution in [0.2, 0.25) is 0 Å². The van der Waals surface area contributed by atoms with Gasteiger partial charge in [-0.1, -0.05) is 0 Å². The molecule has 0 spiro atoms. The number of carbonyl (C=O) groups is 1. The van der Waals surface area contributed by atoms with E-state index in [0.717, 1.165) is 32.7 Å². The lowest BCUT2D eigenvalue weighted by Gasteiger charge is -2.37. The van der Waals surface area contributed by atoms with E-state index in [2.05, 4.69) is 15.3 Å². The summed E-state index contributed by atoms with van der Waals surface area (Å²) in [4.78, 5) is 15.8. The predicted octanol–water partition coefficient (Wildman–Crippen LogP) is 2.27. The SMILES string of the molecule is O=C(NCC(C1CCOC1)N1CCOCC1)c1cnn(-c2ccc(F)cc2)c1-n1cccc1. The third-order valence-electron chi connectivity index (χ3n) is 6.40. The highest BCUT2D eigenvalue weighted by Gasteiger charge is 2.32. The van der Waals surface area contributed by atoms with Crippen molar-refractivity contribution in [3.8, 4) is 11.5 Å². The number of ether oxygens (including phenoxy) is 2. The number of carbonyl (C=O) groups excluding carboxylic acids is 1. The molecule has 2 unspecified atom stereocenters. The van der Waals surface area contributed by atoms with Gasteiger partial charge < -0.3 is 19.4 Å². The molecule has 8 nitrogen and oxygen atoms in total. The first-order chi connectivity index (χ1) is 16.2. The molecule has 0 aliphatic carbocycles. The maximum atomic E-state index is 13.4. The summed E-state index contributed by atoms with van der Waals surface area (Å²) < 4.78 is 28.1. The fourth-order valence-corrected chi connectivity index (χ4v) is 4.65. The van der Waals surface area contributed by atoms with Gasteiger partial charge in [0, 0.05) is 50.6 Å². The van der Waals surface area contributed by atoms with Crippen LogP contribution in [0, 0.1) is 11.7 Å². The fourth-order valence-electron chi connectivity index (χ4n) is 4.65. The van der Waals surface area contributed by atoms with Crippen molar-refractivity contribution in [3.63, 3.8) is 0 Å². The third kappa shape index (κ3) is 4.71. The molecule has 9 heteroatoms. The molecule has 3 aromatic rings. The molecule has 2 aromatic heterocycles. The Hall–Kier alpha value is -3.01. The van der Waals surface area contributed by atoms with Gasteiger partial charge in [-0.05, 0) is 42.8 Å². The van der Waals surface area contributed by atoms with Crippen molar-refractivity contribution in [2.45, 2.75) is 12.5 Å². The molecule has 5 rings (SSSR count). The summed E-state index contributed by atoms with van der Waals surface area (Å²) in [6, 6.07) is 10.0. The van der Waals surface area contributed by atoms with E-state index in [4.69, 9.17) is 9.47 Å². The number of benzene rings is 1. The Bertz CT molecular complexity index is 1050. The van der Waals surface area contributed by atoms with E-state index in [9.17, 15) is 9.18 Å². The minimum absolute atomic E-state index is 0.191. The molecule has 33 heavy (non-hydrogen) atoms. The average molecular weight is 454 g/mol. The number of aromatic nitrogens is 3. The summed E-state index contributed by atoms with van der Waals surface area (Å²) in [7, 11) is 0. The Balaban J connectivity index is 1.39. The van der Waals surface area contributed by atoms with Crippen LogP contribution in [0.15, 0.2) is 55.0 Å². The Morgan fingerprint density at radius 1 is 1.12 bits per heavy atom. The first kappa shape index (κ1) is 21.8. The molecule has 1 N–H and O–H groups in total. The van der Waals surface area contributed by atoms with Gasteiger partial charge in [0.25, 0.3) is 5.91 Å². The van der Waals surface area contributed by atoms with E-state index in [-0.39, 0.29) is 17.8 Å². The van der Waals surface area contributed by atoms with E-state index in [1.165, 1.54) is 12.1 Å². The van der Waals surface area contributed by atoms with Crippen molar-refractivity contribution in [2.24, 2.45) is 5.92 Å². The molecule has 0 bridgehead atoms. The molecule has 2 saturated heterocycles. The minimum Gasteiger partial charge on any atom is -0.381 e. The summed E-state index contributed by atoms with van der Waals surface area (Å²) in [6.07, 6.45) is 6.28. The highest BCUT2D eigenvalue weighted by molar-refractivity contribution is 5.97. The van der Waals surface area contributed by atoms with Crippen molar-refractivity contribution >= 4 is 5.91 Å². The Kier molecular flexibility index (Phi) is 6.52. The van der Waals surface area contributed by atoms with Crippen LogP contribution in [0.5, 0.6) is 0 Å². The van der Waals surface area contributed by atoms with Gasteiger partial charge in [-0.25, -0.2) is 9.07 Å². The van der Waals surface area contributed by atoms with Gasteiger partial charge >= 0.3 is 0 Å². The predicted molar refractivity (Wildman–Crippen MR) is 120 cm³/mol. The van der Waals surface area contributed by atoms with Crippen LogP contribution in [-0.4, -0.2) is 77.3 Å². The maximum Gasteiger partial charge on any atom is 0.256 e. The van der Waals surface area contributed by atoms with Gasteiger partial charge in [-0.3, -0.25) is 9.69 Å². The van der Waals surface area contributed by atoms with Gasteiger partial charge in [0.05, 0.1) is 31.7 Å². The second-order valence-corrected chi connectivity index (χ2v) is 8.41. The molecular formula is C24H28FN5O3. The number of halogens is 1. The van der Waals surface area contributed by atoms with E-state index in [1.54, 1.807) is 23.0 Å². The number of nitrogens with zero attached hydrogens (tertiary/aromatic N) is 4. The summed E-state index contributed by atoms with van der Waals surface area (Å²) >= 11 is 0. The highest BCUT2D eigenvalue weighted by atomic mass is 19.1. The van der Waals surface area contributed by atoms with Gasteiger partial charge in [0.1, 0.15) is 11.4 Å². The number of hydrogen-bond acceptors (Lipinski definition) is 5. The van der Waals surface area contributed by atoms with Crippen molar-refractivity contribution in [3.05, 3.63) is 66.4 Å². The lowest BCUT2D eigenvalue weighted by atomic mass is 9.96. The number of nitrogens with one attached hydrogen (secondary N) is 1. The van der Waals surface area contributed by atoms with Gasteiger partial charge in [-0.15, -0.1) is 0 Å². The number of rotatable bonds is 7. The zero-order chi connectivity index (χ0) is 22.6. The minimum atomic E-state index is -0.323. The Morgan fingerprint density at radius 3 is 2.58 bits per heavy atom. The average Bonchev–Trinajstić information content (AvgIpc) is 3.62. The van der Waals surface area contributed by atoms with Crippen LogP contribution in [0.1, 0.15) is 16.8 Å². The molecule has 2 atom stereocenters. The molecule has 2 fully saturated rings. The molecule has 174 valence electrons. The summed E-state index contributed by atoms with van der Waals surface area (Å²) in [5.74, 6) is 0.478. The third-order valence-corrected chi connectivity index (χ3v) is 6.40. The Labute approximate surface area is 191 Å². The smallest absolute Gasteiger partial charge is 0.256 e. The zero-order valence-electron chi connectivity index (χ0n) is 18.4. The second kappa shape index (κ2) is 9.86. The van der Waals surface area contributed by atoms with Gasteiger partial charge in [0.15, 0.2) is 5.82 Å². The summed E-state index contributed by atoms with van der Waals surface area (Å²) in [5, 5.41) is 7.60. The lowest BCUT2D eigenvalue weighted by Crippen LogP contribution is -2.52.